The lowest BCUT2D eigenvalue weighted by Gasteiger charge is -2.10. The Labute approximate surface area is 114 Å². The van der Waals surface area contributed by atoms with Gasteiger partial charge in [-0.1, -0.05) is 13.8 Å². The summed E-state index contributed by atoms with van der Waals surface area (Å²) in [5.41, 5.74) is 0.960. The smallest absolute Gasteiger partial charge is 0.224 e. The molecule has 1 amide bonds. The van der Waals surface area contributed by atoms with Gasteiger partial charge in [0.1, 0.15) is 5.82 Å². The van der Waals surface area contributed by atoms with Gasteiger partial charge in [-0.2, -0.15) is 4.98 Å². The number of carbonyl (C=O) groups is 1. The fraction of sp³-hybridized carbons (Fsp3) is 0.615. The van der Waals surface area contributed by atoms with Crippen LogP contribution in [0.25, 0.3) is 0 Å². The van der Waals surface area contributed by atoms with E-state index in [1.807, 2.05) is 6.92 Å². The molecule has 1 aromatic rings. The summed E-state index contributed by atoms with van der Waals surface area (Å²) in [7, 11) is 1.77. The lowest BCUT2D eigenvalue weighted by atomic mass is 10.2. The van der Waals surface area contributed by atoms with Crippen molar-refractivity contribution in [3.05, 3.63) is 11.8 Å². The lowest BCUT2D eigenvalue weighted by molar-refractivity contribution is -0.120. The first kappa shape index (κ1) is 15.2. The summed E-state index contributed by atoms with van der Waals surface area (Å²) < 4.78 is 0. The Morgan fingerprint density at radius 3 is 2.79 bits per heavy atom. The molecular formula is C13H23N5O. The third kappa shape index (κ3) is 5.54. The molecule has 0 aliphatic heterocycles. The number of amides is 1. The van der Waals surface area contributed by atoms with Gasteiger partial charge in [0.15, 0.2) is 0 Å². The summed E-state index contributed by atoms with van der Waals surface area (Å²) in [6.45, 7) is 7.35. The molecule has 0 unspecified atom stereocenters. The van der Waals surface area contributed by atoms with Crippen LogP contribution in [0.5, 0.6) is 0 Å². The Kier molecular flexibility index (Phi) is 6.05. The van der Waals surface area contributed by atoms with Gasteiger partial charge in [0.2, 0.25) is 11.9 Å². The van der Waals surface area contributed by atoms with Crippen LogP contribution in [0.4, 0.5) is 11.8 Å². The summed E-state index contributed by atoms with van der Waals surface area (Å²) >= 11 is 0. The first-order chi connectivity index (χ1) is 9.02. The third-order valence-corrected chi connectivity index (χ3v) is 2.55. The quantitative estimate of drug-likeness (QED) is 0.694. The van der Waals surface area contributed by atoms with E-state index in [0.29, 0.717) is 24.8 Å². The van der Waals surface area contributed by atoms with Crippen LogP contribution < -0.4 is 16.0 Å². The SMILES string of the molecule is CNc1ncc(C)c(NCCC(=O)NCC(C)C)n1. The van der Waals surface area contributed by atoms with Crippen LogP contribution in [0.1, 0.15) is 25.8 Å². The Morgan fingerprint density at radius 1 is 1.42 bits per heavy atom. The van der Waals surface area contributed by atoms with Gasteiger partial charge in [-0.05, 0) is 12.8 Å². The highest BCUT2D eigenvalue weighted by molar-refractivity contribution is 5.76. The zero-order valence-corrected chi connectivity index (χ0v) is 12.1. The summed E-state index contributed by atoms with van der Waals surface area (Å²) in [6, 6.07) is 0. The first-order valence-corrected chi connectivity index (χ1v) is 6.55. The fourth-order valence-corrected chi connectivity index (χ4v) is 1.44. The molecule has 0 spiro atoms. The van der Waals surface area contributed by atoms with Crippen molar-refractivity contribution in [1.82, 2.24) is 15.3 Å². The maximum Gasteiger partial charge on any atom is 0.224 e. The minimum atomic E-state index is 0.0572. The van der Waals surface area contributed by atoms with Crippen LogP contribution in [0.3, 0.4) is 0 Å². The topological polar surface area (TPSA) is 78.9 Å². The van der Waals surface area contributed by atoms with E-state index >= 15 is 0 Å². The lowest BCUT2D eigenvalue weighted by Crippen LogP contribution is -2.28. The Morgan fingerprint density at radius 2 is 2.16 bits per heavy atom. The molecule has 0 radical (unpaired) electrons. The maximum absolute atomic E-state index is 11.5. The second-order valence-corrected chi connectivity index (χ2v) is 4.85. The molecule has 1 aromatic heterocycles. The van der Waals surface area contributed by atoms with Gasteiger partial charge in [0.25, 0.3) is 0 Å². The van der Waals surface area contributed by atoms with Gasteiger partial charge in [-0.15, -0.1) is 0 Å². The highest BCUT2D eigenvalue weighted by atomic mass is 16.1. The van der Waals surface area contributed by atoms with Gasteiger partial charge >= 0.3 is 0 Å². The third-order valence-electron chi connectivity index (χ3n) is 2.55. The molecule has 0 aliphatic rings. The average Bonchev–Trinajstić information content (AvgIpc) is 2.38. The molecule has 0 saturated carbocycles. The van der Waals surface area contributed by atoms with Crippen molar-refractivity contribution < 1.29 is 4.79 Å². The Bertz CT molecular complexity index is 419. The average molecular weight is 265 g/mol. The van der Waals surface area contributed by atoms with Crippen molar-refractivity contribution in [2.24, 2.45) is 5.92 Å². The van der Waals surface area contributed by atoms with E-state index in [2.05, 4.69) is 39.8 Å². The van der Waals surface area contributed by atoms with Gasteiger partial charge in [-0.25, -0.2) is 4.98 Å². The minimum Gasteiger partial charge on any atom is -0.369 e. The molecule has 0 saturated heterocycles. The Hall–Kier alpha value is -1.85. The van der Waals surface area contributed by atoms with Gasteiger partial charge in [0, 0.05) is 38.3 Å². The predicted octanol–water partition coefficient (Wildman–Crippen LogP) is 1.40. The molecule has 6 heteroatoms. The second-order valence-electron chi connectivity index (χ2n) is 4.85. The van der Waals surface area contributed by atoms with Crippen LogP contribution >= 0.6 is 0 Å². The van der Waals surface area contributed by atoms with E-state index < -0.39 is 0 Å². The van der Waals surface area contributed by atoms with Crippen LogP contribution in [0.2, 0.25) is 0 Å². The van der Waals surface area contributed by atoms with Crippen molar-refractivity contribution >= 4 is 17.7 Å². The molecule has 1 heterocycles. The van der Waals surface area contributed by atoms with Crippen molar-refractivity contribution in [3.8, 4) is 0 Å². The fourth-order valence-electron chi connectivity index (χ4n) is 1.44. The standard InChI is InChI=1S/C13H23N5O/c1-9(2)7-16-11(19)5-6-15-12-10(3)8-17-13(14-4)18-12/h8-9H,5-7H2,1-4H3,(H,16,19)(H2,14,15,17,18). The minimum absolute atomic E-state index is 0.0572. The summed E-state index contributed by atoms with van der Waals surface area (Å²) in [4.78, 5) is 20.0. The van der Waals surface area contributed by atoms with Crippen LogP contribution in [0, 0.1) is 12.8 Å². The normalized spacial score (nSPS) is 10.4. The predicted molar refractivity (Wildman–Crippen MR) is 77.3 cm³/mol. The molecule has 19 heavy (non-hydrogen) atoms. The first-order valence-electron chi connectivity index (χ1n) is 6.55. The van der Waals surface area contributed by atoms with Gasteiger partial charge < -0.3 is 16.0 Å². The van der Waals surface area contributed by atoms with E-state index in [4.69, 9.17) is 0 Å². The molecule has 0 atom stereocenters. The molecule has 0 fully saturated rings. The van der Waals surface area contributed by atoms with E-state index in [1.165, 1.54) is 0 Å². The maximum atomic E-state index is 11.5. The number of aryl methyl sites for hydroxylation is 1. The number of hydrogen-bond acceptors (Lipinski definition) is 5. The van der Waals surface area contributed by atoms with Crippen LogP contribution in [-0.2, 0) is 4.79 Å². The molecule has 1 rings (SSSR count). The van der Waals surface area contributed by atoms with Crippen molar-refractivity contribution in [3.63, 3.8) is 0 Å². The van der Waals surface area contributed by atoms with E-state index in [9.17, 15) is 4.79 Å². The zero-order chi connectivity index (χ0) is 14.3. The van der Waals surface area contributed by atoms with Crippen molar-refractivity contribution in [1.29, 1.82) is 0 Å². The molecule has 0 aromatic carbocycles. The molecule has 6 nitrogen and oxygen atoms in total. The molecular weight excluding hydrogens is 242 g/mol. The zero-order valence-electron chi connectivity index (χ0n) is 12.1. The molecule has 106 valence electrons. The summed E-state index contributed by atoms with van der Waals surface area (Å²) in [5, 5.41) is 8.92. The second kappa shape index (κ2) is 7.56. The largest absolute Gasteiger partial charge is 0.369 e. The number of hydrogen-bond donors (Lipinski definition) is 3. The highest BCUT2D eigenvalue weighted by Gasteiger charge is 2.05. The number of aromatic nitrogens is 2. The van der Waals surface area contributed by atoms with Crippen LogP contribution in [-0.4, -0.2) is 36.0 Å². The molecule has 3 N–H and O–H groups in total. The van der Waals surface area contributed by atoms with Crippen molar-refractivity contribution in [2.75, 3.05) is 30.8 Å². The van der Waals surface area contributed by atoms with Crippen LogP contribution in [0.15, 0.2) is 6.20 Å². The number of nitrogens with one attached hydrogen (secondary N) is 3. The molecule has 0 bridgehead atoms. The number of carbonyl (C=O) groups excluding carboxylic acids is 1. The van der Waals surface area contributed by atoms with E-state index in [-0.39, 0.29) is 5.91 Å². The monoisotopic (exact) mass is 265 g/mol. The number of rotatable bonds is 7. The summed E-state index contributed by atoms with van der Waals surface area (Å²) in [6.07, 6.45) is 2.19. The highest BCUT2D eigenvalue weighted by Crippen LogP contribution is 2.11. The van der Waals surface area contributed by atoms with E-state index in [0.717, 1.165) is 17.9 Å². The summed E-state index contributed by atoms with van der Waals surface area (Å²) in [5.74, 6) is 1.86. The van der Waals surface area contributed by atoms with Gasteiger partial charge in [-0.3, -0.25) is 4.79 Å². The van der Waals surface area contributed by atoms with Crippen molar-refractivity contribution in [2.45, 2.75) is 27.2 Å². The number of nitrogens with zero attached hydrogens (tertiary/aromatic N) is 2. The number of anilines is 2. The Balaban J connectivity index is 2.38. The van der Waals surface area contributed by atoms with Gasteiger partial charge in [0.05, 0.1) is 0 Å². The molecule has 0 aliphatic carbocycles. The van der Waals surface area contributed by atoms with E-state index in [1.54, 1.807) is 13.2 Å².